The van der Waals surface area contributed by atoms with E-state index in [2.05, 4.69) is 101 Å². The molecule has 0 saturated carbocycles. The van der Waals surface area contributed by atoms with E-state index in [0.717, 1.165) is 12.8 Å². The molecule has 0 saturated heterocycles. The van der Waals surface area contributed by atoms with Gasteiger partial charge in [-0.3, -0.25) is 0 Å². The van der Waals surface area contributed by atoms with E-state index in [1.807, 2.05) is 0 Å². The maximum Gasteiger partial charge on any atom is 0.0581 e. The van der Waals surface area contributed by atoms with Gasteiger partial charge in [-0.2, -0.15) is 0 Å². The fourth-order valence-electron chi connectivity index (χ4n) is 4.47. The monoisotopic (exact) mass is 408 g/mol. The molecule has 1 aliphatic heterocycles. The third-order valence-electron chi connectivity index (χ3n) is 6.29. The Morgan fingerprint density at radius 2 is 0.667 bits per heavy atom. The molecule has 2 aromatic carbocycles. The average molecular weight is 409 g/mol. The van der Waals surface area contributed by atoms with Crippen molar-refractivity contribution in [2.45, 2.75) is 92.4 Å². The minimum Gasteiger partial charge on any atom is -0.381 e. The lowest BCUT2D eigenvalue weighted by Crippen LogP contribution is -2.30. The highest BCUT2D eigenvalue weighted by molar-refractivity contribution is 5.73. The molecule has 1 heterocycles. The predicted molar refractivity (Wildman–Crippen MR) is 133 cm³/mol. The molecule has 0 amide bonds. The first-order valence-corrected chi connectivity index (χ1v) is 11.4. The van der Waals surface area contributed by atoms with Crippen LogP contribution in [-0.2, 0) is 0 Å². The van der Waals surface area contributed by atoms with Crippen molar-refractivity contribution in [3.63, 3.8) is 0 Å². The first-order chi connectivity index (χ1) is 14.1. The van der Waals surface area contributed by atoms with Crippen molar-refractivity contribution in [1.29, 1.82) is 0 Å². The third kappa shape index (κ3) is 5.41. The summed E-state index contributed by atoms with van der Waals surface area (Å²) < 4.78 is 0. The quantitative estimate of drug-likeness (QED) is 0.396. The number of fused-ring (bicyclic) bond motifs is 2. The van der Waals surface area contributed by atoms with Crippen LogP contribution in [0.4, 0.5) is 22.7 Å². The van der Waals surface area contributed by atoms with Crippen LogP contribution in [0.2, 0.25) is 0 Å². The van der Waals surface area contributed by atoms with Crippen LogP contribution in [-0.4, -0.2) is 24.2 Å². The van der Waals surface area contributed by atoms with Crippen LogP contribution < -0.4 is 21.3 Å². The molecule has 30 heavy (non-hydrogen) atoms. The highest BCUT2D eigenvalue weighted by atomic mass is 15.0. The van der Waals surface area contributed by atoms with E-state index in [4.69, 9.17) is 0 Å². The van der Waals surface area contributed by atoms with Gasteiger partial charge in [0.1, 0.15) is 0 Å². The number of benzene rings is 2. The van der Waals surface area contributed by atoms with E-state index < -0.39 is 0 Å². The van der Waals surface area contributed by atoms with Crippen LogP contribution in [0.25, 0.3) is 0 Å². The molecular weight excluding hydrogens is 368 g/mol. The second kappa shape index (κ2) is 9.20. The largest absolute Gasteiger partial charge is 0.381 e. The molecule has 4 heteroatoms. The van der Waals surface area contributed by atoms with Gasteiger partial charge >= 0.3 is 0 Å². The van der Waals surface area contributed by atoms with E-state index in [-0.39, 0.29) is 0 Å². The topological polar surface area (TPSA) is 48.1 Å². The van der Waals surface area contributed by atoms with Gasteiger partial charge in [-0.1, -0.05) is 0 Å². The number of rotatable bonds is 0. The molecule has 0 bridgehead atoms. The summed E-state index contributed by atoms with van der Waals surface area (Å²) in [4.78, 5) is 0. The second-order valence-corrected chi connectivity index (χ2v) is 9.62. The van der Waals surface area contributed by atoms with E-state index >= 15 is 0 Å². The molecule has 0 radical (unpaired) electrons. The lowest BCUT2D eigenvalue weighted by atomic mass is 10.0. The van der Waals surface area contributed by atoms with E-state index in [0.29, 0.717) is 24.2 Å². The molecule has 4 nitrogen and oxygen atoms in total. The van der Waals surface area contributed by atoms with Crippen LogP contribution in [0, 0.1) is 27.7 Å². The van der Waals surface area contributed by atoms with E-state index in [9.17, 15) is 0 Å². The molecule has 4 atom stereocenters. The Morgan fingerprint density at radius 3 is 0.867 bits per heavy atom. The van der Waals surface area contributed by atoms with Crippen molar-refractivity contribution in [3.8, 4) is 0 Å². The summed E-state index contributed by atoms with van der Waals surface area (Å²) in [6.07, 6.45) is 2.06. The zero-order valence-corrected chi connectivity index (χ0v) is 20.0. The minimum absolute atomic E-state index is 0.357. The Hall–Kier alpha value is -2.36. The fourth-order valence-corrected chi connectivity index (χ4v) is 4.47. The number of hydrogen-bond donors (Lipinski definition) is 4. The summed E-state index contributed by atoms with van der Waals surface area (Å²) in [6, 6.07) is 10.6. The van der Waals surface area contributed by atoms with Crippen molar-refractivity contribution in [2.24, 2.45) is 0 Å². The standard InChI is InChI=1S/C26H40N4/c1-15-9-23-24(10-16(15)2)28-20(6)14-22(8)30-26-12-18(4)17(3)11-25(26)29-21(7)13-19(5)27-23/h9-12,19-22,27-30H,13-14H2,1-8H3. The molecule has 4 N–H and O–H groups in total. The Kier molecular flexibility index (Phi) is 6.84. The molecule has 3 rings (SSSR count). The van der Waals surface area contributed by atoms with Crippen molar-refractivity contribution in [2.75, 3.05) is 21.3 Å². The SMILES string of the molecule is Cc1cc2c(cc1C)NC(C)CC(C)Nc1cc(C)c(C)cc1NC(C)CC(C)N2. The highest BCUT2D eigenvalue weighted by Gasteiger charge is 2.18. The summed E-state index contributed by atoms with van der Waals surface area (Å²) in [6.45, 7) is 17.8. The molecule has 0 aliphatic carbocycles. The zero-order valence-electron chi connectivity index (χ0n) is 20.0. The van der Waals surface area contributed by atoms with Gasteiger partial charge in [0.15, 0.2) is 0 Å². The van der Waals surface area contributed by atoms with Crippen LogP contribution in [0.15, 0.2) is 24.3 Å². The summed E-state index contributed by atoms with van der Waals surface area (Å²) in [5, 5.41) is 15.1. The van der Waals surface area contributed by atoms with Crippen molar-refractivity contribution in [1.82, 2.24) is 0 Å². The third-order valence-corrected chi connectivity index (χ3v) is 6.29. The maximum atomic E-state index is 3.77. The van der Waals surface area contributed by atoms with Gasteiger partial charge in [-0.25, -0.2) is 0 Å². The molecule has 164 valence electrons. The lowest BCUT2D eigenvalue weighted by Gasteiger charge is -2.29. The van der Waals surface area contributed by atoms with Gasteiger partial charge in [-0.15, -0.1) is 0 Å². The van der Waals surface area contributed by atoms with Gasteiger partial charge in [0.2, 0.25) is 0 Å². The molecule has 2 aromatic rings. The van der Waals surface area contributed by atoms with E-state index in [1.165, 1.54) is 45.0 Å². The first kappa shape index (κ1) is 22.3. The zero-order chi connectivity index (χ0) is 22.0. The smallest absolute Gasteiger partial charge is 0.0581 e. The van der Waals surface area contributed by atoms with Gasteiger partial charge in [0.05, 0.1) is 22.7 Å². The molecule has 0 fully saturated rings. The van der Waals surface area contributed by atoms with Crippen molar-refractivity contribution < 1.29 is 0 Å². The van der Waals surface area contributed by atoms with Gasteiger partial charge < -0.3 is 21.3 Å². The Bertz CT molecular complexity index is 746. The molecule has 0 aromatic heterocycles. The highest BCUT2D eigenvalue weighted by Crippen LogP contribution is 2.31. The Morgan fingerprint density at radius 1 is 0.467 bits per heavy atom. The molecule has 0 spiro atoms. The number of anilines is 4. The van der Waals surface area contributed by atoms with Gasteiger partial charge in [0.25, 0.3) is 0 Å². The number of hydrogen-bond acceptors (Lipinski definition) is 4. The number of nitrogens with one attached hydrogen (secondary N) is 4. The van der Waals surface area contributed by atoms with Crippen molar-refractivity contribution >= 4 is 22.7 Å². The minimum atomic E-state index is 0.357. The summed E-state index contributed by atoms with van der Waals surface area (Å²) in [5.41, 5.74) is 10.1. The van der Waals surface area contributed by atoms with E-state index in [1.54, 1.807) is 0 Å². The Labute approximate surface area is 183 Å². The average Bonchev–Trinajstić information content (AvgIpc) is 2.62. The first-order valence-electron chi connectivity index (χ1n) is 11.4. The van der Waals surface area contributed by atoms with Gasteiger partial charge in [0, 0.05) is 24.2 Å². The van der Waals surface area contributed by atoms with Crippen molar-refractivity contribution in [3.05, 3.63) is 46.5 Å². The summed E-state index contributed by atoms with van der Waals surface area (Å²) >= 11 is 0. The number of aryl methyl sites for hydroxylation is 4. The Balaban J connectivity index is 1.94. The summed E-state index contributed by atoms with van der Waals surface area (Å²) in [7, 11) is 0. The molecule has 1 aliphatic rings. The fraction of sp³-hybridized carbons (Fsp3) is 0.538. The van der Waals surface area contributed by atoms with Crippen LogP contribution >= 0.6 is 0 Å². The second-order valence-electron chi connectivity index (χ2n) is 9.62. The molecule has 4 unspecified atom stereocenters. The van der Waals surface area contributed by atoms with Crippen LogP contribution in [0.5, 0.6) is 0 Å². The maximum absolute atomic E-state index is 3.77. The molecular formula is C26H40N4. The predicted octanol–water partition coefficient (Wildman–Crippen LogP) is 6.62. The lowest BCUT2D eigenvalue weighted by molar-refractivity contribution is 0.624. The summed E-state index contributed by atoms with van der Waals surface area (Å²) in [5.74, 6) is 0. The van der Waals surface area contributed by atoms with Crippen LogP contribution in [0.3, 0.4) is 0 Å². The normalized spacial score (nSPS) is 24.8. The van der Waals surface area contributed by atoms with Gasteiger partial charge in [-0.05, 0) is 115 Å². The van der Waals surface area contributed by atoms with Crippen LogP contribution in [0.1, 0.15) is 62.8 Å².